The molecule has 6 nitrogen and oxygen atoms in total. The molecule has 1 atom stereocenters. The first-order valence-electron chi connectivity index (χ1n) is 8.75. The van der Waals surface area contributed by atoms with Crippen LogP contribution in [0.3, 0.4) is 0 Å². The van der Waals surface area contributed by atoms with Gasteiger partial charge >= 0.3 is 0 Å². The van der Waals surface area contributed by atoms with Crippen LogP contribution in [0.15, 0.2) is 34.1 Å². The fraction of sp³-hybridized carbons (Fsp3) is 0.350. The highest BCUT2D eigenvalue weighted by atomic mass is 32.1. The van der Waals surface area contributed by atoms with Crippen LogP contribution in [0.5, 0.6) is 11.5 Å². The van der Waals surface area contributed by atoms with E-state index in [1.54, 1.807) is 25.6 Å². The van der Waals surface area contributed by atoms with Gasteiger partial charge in [-0.25, -0.2) is 4.98 Å². The van der Waals surface area contributed by atoms with Crippen LogP contribution in [0.1, 0.15) is 28.7 Å². The topological polar surface area (TPSA) is 68.0 Å². The standard InChI is InChI=1S/C20H22N2O4S/c1-12-14(21-20(26-12)18-5-4-8-27-18)10-22-9-13-16(24-2)6-7-17(25-3)19(13)15(23)11-22/h4-8,15,23H,9-11H2,1-3H3/t15-/m1/s1. The average Bonchev–Trinajstić information content (AvgIpc) is 3.31. The van der Waals surface area contributed by atoms with Crippen LogP contribution in [0, 0.1) is 6.92 Å². The molecule has 0 aliphatic carbocycles. The molecule has 0 fully saturated rings. The zero-order valence-electron chi connectivity index (χ0n) is 15.6. The highest BCUT2D eigenvalue weighted by molar-refractivity contribution is 7.13. The van der Waals surface area contributed by atoms with E-state index in [9.17, 15) is 5.11 Å². The van der Waals surface area contributed by atoms with Crippen molar-refractivity contribution in [1.82, 2.24) is 9.88 Å². The zero-order chi connectivity index (χ0) is 19.0. The number of ether oxygens (including phenoxy) is 2. The van der Waals surface area contributed by atoms with Crippen LogP contribution in [0.4, 0.5) is 0 Å². The number of rotatable bonds is 5. The molecular formula is C20H22N2O4S. The van der Waals surface area contributed by atoms with Crippen molar-refractivity contribution in [3.8, 4) is 22.3 Å². The summed E-state index contributed by atoms with van der Waals surface area (Å²) in [6.45, 7) is 3.67. The fourth-order valence-electron chi connectivity index (χ4n) is 3.56. The van der Waals surface area contributed by atoms with E-state index >= 15 is 0 Å². The maximum Gasteiger partial charge on any atom is 0.236 e. The van der Waals surface area contributed by atoms with Gasteiger partial charge in [-0.1, -0.05) is 6.07 Å². The summed E-state index contributed by atoms with van der Waals surface area (Å²) in [7, 11) is 3.26. The molecule has 0 saturated heterocycles. The first-order valence-corrected chi connectivity index (χ1v) is 9.63. The minimum absolute atomic E-state index is 0.497. The summed E-state index contributed by atoms with van der Waals surface area (Å²) in [6.07, 6.45) is -0.650. The van der Waals surface area contributed by atoms with E-state index in [1.807, 2.05) is 36.6 Å². The molecule has 4 rings (SSSR count). The number of aromatic nitrogens is 1. The number of nitrogens with zero attached hydrogens (tertiary/aromatic N) is 2. The summed E-state index contributed by atoms with van der Waals surface area (Å²) in [5, 5.41) is 12.8. The number of thiophene rings is 1. The average molecular weight is 386 g/mol. The minimum Gasteiger partial charge on any atom is -0.496 e. The molecule has 0 bridgehead atoms. The Labute approximate surface area is 162 Å². The van der Waals surface area contributed by atoms with Crippen LogP contribution in [-0.2, 0) is 13.1 Å². The molecule has 0 radical (unpaired) electrons. The van der Waals surface area contributed by atoms with Crippen molar-refractivity contribution in [3.63, 3.8) is 0 Å². The van der Waals surface area contributed by atoms with E-state index in [0.29, 0.717) is 31.3 Å². The van der Waals surface area contributed by atoms with Crippen LogP contribution in [0.2, 0.25) is 0 Å². The maximum absolute atomic E-state index is 10.7. The molecule has 0 saturated carbocycles. The fourth-order valence-corrected chi connectivity index (χ4v) is 4.21. The number of aryl methyl sites for hydroxylation is 1. The zero-order valence-corrected chi connectivity index (χ0v) is 16.4. The van der Waals surface area contributed by atoms with Crippen LogP contribution < -0.4 is 9.47 Å². The van der Waals surface area contributed by atoms with Gasteiger partial charge in [0.1, 0.15) is 17.3 Å². The van der Waals surface area contributed by atoms with Gasteiger partial charge in [-0.2, -0.15) is 0 Å². The number of fused-ring (bicyclic) bond motifs is 1. The van der Waals surface area contributed by atoms with Crippen molar-refractivity contribution in [2.24, 2.45) is 0 Å². The van der Waals surface area contributed by atoms with E-state index in [4.69, 9.17) is 13.9 Å². The first-order chi connectivity index (χ1) is 13.1. The lowest BCUT2D eigenvalue weighted by molar-refractivity contribution is 0.0834. The Balaban J connectivity index is 1.61. The highest BCUT2D eigenvalue weighted by Gasteiger charge is 2.30. The third-order valence-corrected chi connectivity index (χ3v) is 5.72. The maximum atomic E-state index is 10.7. The van der Waals surface area contributed by atoms with E-state index in [-0.39, 0.29) is 0 Å². The van der Waals surface area contributed by atoms with Gasteiger partial charge in [0.05, 0.1) is 30.9 Å². The SMILES string of the molecule is COc1ccc(OC)c2c1CN(Cc1nc(-c3cccs3)oc1C)C[C@H]2O. The van der Waals surface area contributed by atoms with E-state index in [1.165, 1.54) is 0 Å². The van der Waals surface area contributed by atoms with E-state index in [2.05, 4.69) is 9.88 Å². The Bertz CT molecular complexity index is 936. The molecule has 0 spiro atoms. The lowest BCUT2D eigenvalue weighted by atomic mass is 9.95. The van der Waals surface area contributed by atoms with Crippen LogP contribution in [-0.4, -0.2) is 35.8 Å². The predicted octanol–water partition coefficient (Wildman–Crippen LogP) is 3.78. The second-order valence-electron chi connectivity index (χ2n) is 6.55. The first kappa shape index (κ1) is 18.0. The molecule has 1 N–H and O–H groups in total. The lowest BCUT2D eigenvalue weighted by Crippen LogP contribution is -2.34. The summed E-state index contributed by atoms with van der Waals surface area (Å²) >= 11 is 1.60. The van der Waals surface area contributed by atoms with Crippen LogP contribution in [0.25, 0.3) is 10.8 Å². The second kappa shape index (κ2) is 7.34. The van der Waals surface area contributed by atoms with Crippen molar-refractivity contribution in [3.05, 3.63) is 52.2 Å². The molecule has 142 valence electrons. The van der Waals surface area contributed by atoms with Gasteiger partial charge < -0.3 is 19.0 Å². The van der Waals surface area contributed by atoms with Gasteiger partial charge in [-0.15, -0.1) is 11.3 Å². The number of hydrogen-bond acceptors (Lipinski definition) is 7. The number of benzene rings is 1. The number of oxazole rings is 1. The normalized spacial score (nSPS) is 17.0. The minimum atomic E-state index is -0.650. The van der Waals surface area contributed by atoms with E-state index < -0.39 is 6.10 Å². The molecule has 0 amide bonds. The molecule has 2 aromatic heterocycles. The summed E-state index contributed by atoms with van der Waals surface area (Å²) in [5.74, 6) is 2.90. The van der Waals surface area contributed by atoms with Gasteiger partial charge in [0.25, 0.3) is 0 Å². The third-order valence-electron chi connectivity index (χ3n) is 4.86. The Kier molecular flexibility index (Phi) is 4.90. The van der Waals surface area contributed by atoms with Crippen molar-refractivity contribution in [2.75, 3.05) is 20.8 Å². The van der Waals surface area contributed by atoms with Crippen molar-refractivity contribution >= 4 is 11.3 Å². The molecule has 3 heterocycles. The molecule has 3 aromatic rings. The lowest BCUT2D eigenvalue weighted by Gasteiger charge is -2.33. The summed E-state index contributed by atoms with van der Waals surface area (Å²) < 4.78 is 16.8. The molecule has 0 unspecified atom stereocenters. The molecule has 7 heteroatoms. The Hall–Kier alpha value is -2.35. The van der Waals surface area contributed by atoms with Gasteiger partial charge in [0, 0.05) is 30.8 Å². The number of methoxy groups -OCH3 is 2. The molecule has 27 heavy (non-hydrogen) atoms. The largest absolute Gasteiger partial charge is 0.496 e. The van der Waals surface area contributed by atoms with Gasteiger partial charge in [-0.3, -0.25) is 4.90 Å². The summed E-state index contributed by atoms with van der Waals surface area (Å²) in [4.78, 5) is 7.83. The second-order valence-corrected chi connectivity index (χ2v) is 7.49. The predicted molar refractivity (Wildman–Crippen MR) is 103 cm³/mol. The Morgan fingerprint density at radius 2 is 2.04 bits per heavy atom. The molecule has 1 aliphatic rings. The number of aliphatic hydroxyl groups is 1. The monoisotopic (exact) mass is 386 g/mol. The summed E-state index contributed by atoms with van der Waals surface area (Å²) in [6, 6.07) is 7.70. The van der Waals surface area contributed by atoms with E-state index in [0.717, 1.165) is 33.2 Å². The van der Waals surface area contributed by atoms with Crippen molar-refractivity contribution in [2.45, 2.75) is 26.1 Å². The number of hydrogen-bond donors (Lipinski definition) is 1. The Morgan fingerprint density at radius 3 is 2.74 bits per heavy atom. The quantitative estimate of drug-likeness (QED) is 0.720. The highest BCUT2D eigenvalue weighted by Crippen LogP contribution is 2.40. The summed E-state index contributed by atoms with van der Waals surface area (Å²) in [5.41, 5.74) is 2.65. The van der Waals surface area contributed by atoms with Gasteiger partial charge in [0.15, 0.2) is 0 Å². The molecule has 1 aliphatic heterocycles. The van der Waals surface area contributed by atoms with Gasteiger partial charge in [0.2, 0.25) is 5.89 Å². The number of β-amino-alcohol motifs (C(OH)–C–C–N with tert-alkyl or cyclic N) is 1. The number of aliphatic hydroxyl groups excluding tert-OH is 1. The Morgan fingerprint density at radius 1 is 1.26 bits per heavy atom. The molecular weight excluding hydrogens is 364 g/mol. The smallest absolute Gasteiger partial charge is 0.236 e. The van der Waals surface area contributed by atoms with Gasteiger partial charge in [-0.05, 0) is 30.5 Å². The van der Waals surface area contributed by atoms with Crippen molar-refractivity contribution in [1.29, 1.82) is 0 Å². The van der Waals surface area contributed by atoms with Crippen molar-refractivity contribution < 1.29 is 19.0 Å². The third kappa shape index (κ3) is 3.34. The molecule has 1 aromatic carbocycles. The van der Waals surface area contributed by atoms with Crippen LogP contribution >= 0.6 is 11.3 Å².